The second kappa shape index (κ2) is 13.5. The highest BCUT2D eigenvalue weighted by Gasteiger charge is 2.12. The number of hydrogen-bond donors (Lipinski definition) is 2. The highest BCUT2D eigenvalue weighted by molar-refractivity contribution is 5.85. The summed E-state index contributed by atoms with van der Waals surface area (Å²) in [6, 6.07) is 19.8. The van der Waals surface area contributed by atoms with Gasteiger partial charge in [0.15, 0.2) is 11.5 Å². The van der Waals surface area contributed by atoms with Gasteiger partial charge in [-0.1, -0.05) is 24.3 Å². The van der Waals surface area contributed by atoms with Crippen LogP contribution in [-0.4, -0.2) is 74.1 Å². The molecule has 3 aromatic carbocycles. The van der Waals surface area contributed by atoms with Crippen molar-refractivity contribution in [3.05, 3.63) is 77.9 Å². The Kier molecular flexibility index (Phi) is 9.55. The highest BCUT2D eigenvalue weighted by atomic mass is 16.6. The van der Waals surface area contributed by atoms with Crippen LogP contribution in [0.2, 0.25) is 0 Å². The van der Waals surface area contributed by atoms with Crippen LogP contribution in [0.4, 0.5) is 5.69 Å². The van der Waals surface area contributed by atoms with E-state index in [1.54, 1.807) is 36.5 Å². The van der Waals surface area contributed by atoms with Crippen molar-refractivity contribution in [3.63, 3.8) is 0 Å². The molecule has 36 heavy (non-hydrogen) atoms. The Morgan fingerprint density at radius 3 is 2.03 bits per heavy atom. The summed E-state index contributed by atoms with van der Waals surface area (Å²) in [6.45, 7) is 4.66. The van der Waals surface area contributed by atoms with Crippen molar-refractivity contribution in [1.82, 2.24) is 4.90 Å². The van der Waals surface area contributed by atoms with Crippen LogP contribution in [0.15, 0.2) is 71.7 Å². The fraction of sp³-hybridized carbons (Fsp3) is 0.321. The van der Waals surface area contributed by atoms with Crippen molar-refractivity contribution < 1.29 is 29.2 Å². The van der Waals surface area contributed by atoms with Gasteiger partial charge in [-0.3, -0.25) is 9.89 Å². The van der Waals surface area contributed by atoms with Gasteiger partial charge in [-0.15, -0.1) is 0 Å². The lowest BCUT2D eigenvalue weighted by atomic mass is 10.1. The molecule has 8 nitrogen and oxygen atoms in total. The number of nitrogens with zero attached hydrogens (tertiary/aromatic N) is 2. The first-order chi connectivity index (χ1) is 17.7. The summed E-state index contributed by atoms with van der Waals surface area (Å²) in [7, 11) is 0. The second-order valence-corrected chi connectivity index (χ2v) is 8.27. The maximum absolute atomic E-state index is 10.5. The largest absolute Gasteiger partial charge is 0.508 e. The number of rotatable bonds is 4. The van der Waals surface area contributed by atoms with Crippen molar-refractivity contribution in [3.8, 4) is 23.0 Å². The number of fused-ring (bicyclic) bond motifs is 1. The summed E-state index contributed by atoms with van der Waals surface area (Å²) < 4.78 is 23.2. The van der Waals surface area contributed by atoms with Crippen molar-refractivity contribution in [1.29, 1.82) is 0 Å². The zero-order valence-electron chi connectivity index (χ0n) is 20.2. The molecule has 4 rings (SSSR count). The summed E-state index contributed by atoms with van der Waals surface area (Å²) in [4.78, 5) is 6.64. The summed E-state index contributed by atoms with van der Waals surface area (Å²) in [6.07, 6.45) is 1.61. The molecule has 0 aliphatic carbocycles. The molecule has 0 aromatic heterocycles. The van der Waals surface area contributed by atoms with Crippen molar-refractivity contribution in [2.24, 2.45) is 4.99 Å². The fourth-order valence-corrected chi connectivity index (χ4v) is 3.73. The van der Waals surface area contributed by atoms with Gasteiger partial charge in [-0.2, -0.15) is 0 Å². The molecule has 1 aliphatic rings. The third kappa shape index (κ3) is 7.71. The van der Waals surface area contributed by atoms with E-state index in [9.17, 15) is 10.2 Å². The number of benzene rings is 3. The minimum absolute atomic E-state index is 0.168. The van der Waals surface area contributed by atoms with Gasteiger partial charge in [0.05, 0.1) is 32.1 Å². The van der Waals surface area contributed by atoms with E-state index in [4.69, 9.17) is 18.9 Å². The normalized spacial score (nSPS) is 16.3. The molecule has 0 radical (unpaired) electrons. The Morgan fingerprint density at radius 2 is 1.36 bits per heavy atom. The number of phenolic OH excluding ortho intramolecular Hbond substituents is 2. The van der Waals surface area contributed by atoms with Gasteiger partial charge in [-0.05, 0) is 42.5 Å². The van der Waals surface area contributed by atoms with Gasteiger partial charge in [0, 0.05) is 37.0 Å². The SMILES string of the molecule is Oc1ccccc1C=Nc1ccc(O)c(CN2CCOCCOc3ccccc3OCCOCC2)c1. The Balaban J connectivity index is 1.37. The predicted molar refractivity (Wildman–Crippen MR) is 138 cm³/mol. The van der Waals surface area contributed by atoms with Gasteiger partial charge in [0.1, 0.15) is 24.7 Å². The fourth-order valence-electron chi connectivity index (χ4n) is 3.73. The predicted octanol–water partition coefficient (Wildman–Crippen LogP) is 4.16. The summed E-state index contributed by atoms with van der Waals surface area (Å²) >= 11 is 0. The second-order valence-electron chi connectivity index (χ2n) is 8.27. The third-order valence-electron chi connectivity index (χ3n) is 5.67. The Bertz CT molecular complexity index is 1100. The van der Waals surface area contributed by atoms with E-state index in [2.05, 4.69) is 9.89 Å². The third-order valence-corrected chi connectivity index (χ3v) is 5.67. The van der Waals surface area contributed by atoms with E-state index >= 15 is 0 Å². The number of aliphatic imine (C=N–C) groups is 1. The highest BCUT2D eigenvalue weighted by Crippen LogP contribution is 2.27. The smallest absolute Gasteiger partial charge is 0.161 e. The molecular weight excluding hydrogens is 460 g/mol. The molecule has 8 heteroatoms. The molecule has 2 N–H and O–H groups in total. The number of ether oxygens (including phenoxy) is 4. The van der Waals surface area contributed by atoms with Crippen molar-refractivity contribution in [2.75, 3.05) is 52.7 Å². The molecule has 0 bridgehead atoms. The molecule has 1 aliphatic heterocycles. The monoisotopic (exact) mass is 492 g/mol. The van der Waals surface area contributed by atoms with Crippen LogP contribution >= 0.6 is 0 Å². The van der Waals surface area contributed by atoms with Gasteiger partial charge in [-0.25, -0.2) is 0 Å². The minimum Gasteiger partial charge on any atom is -0.508 e. The van der Waals surface area contributed by atoms with E-state index in [0.717, 1.165) is 5.56 Å². The molecular formula is C28H32N2O6. The van der Waals surface area contributed by atoms with Crippen LogP contribution in [-0.2, 0) is 16.0 Å². The Labute approximate surface area is 211 Å². The van der Waals surface area contributed by atoms with Crippen molar-refractivity contribution >= 4 is 11.9 Å². The maximum Gasteiger partial charge on any atom is 0.161 e. The Morgan fingerprint density at radius 1 is 0.722 bits per heavy atom. The van der Waals surface area contributed by atoms with E-state index in [1.807, 2.05) is 36.4 Å². The summed E-state index contributed by atoms with van der Waals surface area (Å²) in [5.41, 5.74) is 2.07. The number of para-hydroxylation sites is 3. The van der Waals surface area contributed by atoms with Crippen LogP contribution in [0.25, 0.3) is 0 Å². The molecule has 0 spiro atoms. The minimum atomic E-state index is 0.168. The first-order valence-electron chi connectivity index (χ1n) is 12.1. The van der Waals surface area contributed by atoms with Gasteiger partial charge in [0.25, 0.3) is 0 Å². The van der Waals surface area contributed by atoms with Crippen LogP contribution in [0.3, 0.4) is 0 Å². The molecule has 0 amide bonds. The topological polar surface area (TPSA) is 93.0 Å². The van der Waals surface area contributed by atoms with E-state index < -0.39 is 0 Å². The Hall–Kier alpha value is -3.59. The molecule has 0 saturated carbocycles. The zero-order valence-corrected chi connectivity index (χ0v) is 20.2. The quantitative estimate of drug-likeness (QED) is 0.529. The standard InChI is InChI=1S/C28H32N2O6/c31-25-6-2-1-5-22(25)20-29-24-9-10-26(32)23(19-24)21-30-11-13-33-15-17-35-27-7-3-4-8-28(27)36-18-16-34-14-12-30/h1-10,19-20,31-32H,11-18,21H2. The lowest BCUT2D eigenvalue weighted by Crippen LogP contribution is -2.31. The molecule has 0 saturated heterocycles. The van der Waals surface area contributed by atoms with E-state index in [0.29, 0.717) is 82.0 Å². The van der Waals surface area contributed by atoms with E-state index in [1.165, 1.54) is 0 Å². The van der Waals surface area contributed by atoms with Gasteiger partial charge in [0.2, 0.25) is 0 Å². The summed E-state index contributed by atoms with van der Waals surface area (Å²) in [5, 5.41) is 20.4. The lowest BCUT2D eigenvalue weighted by Gasteiger charge is -2.23. The van der Waals surface area contributed by atoms with Gasteiger partial charge < -0.3 is 29.2 Å². The number of phenols is 2. The molecule has 1 heterocycles. The lowest BCUT2D eigenvalue weighted by molar-refractivity contribution is 0.0572. The number of aromatic hydroxyl groups is 2. The maximum atomic E-state index is 10.5. The first kappa shape index (κ1) is 25.5. The van der Waals surface area contributed by atoms with Crippen LogP contribution in [0.1, 0.15) is 11.1 Å². The van der Waals surface area contributed by atoms with Crippen LogP contribution < -0.4 is 9.47 Å². The molecule has 190 valence electrons. The van der Waals surface area contributed by atoms with E-state index in [-0.39, 0.29) is 11.5 Å². The molecule has 0 atom stereocenters. The summed E-state index contributed by atoms with van der Waals surface area (Å²) in [5.74, 6) is 1.76. The van der Waals surface area contributed by atoms with Crippen LogP contribution in [0, 0.1) is 0 Å². The molecule has 0 fully saturated rings. The first-order valence-corrected chi connectivity index (χ1v) is 12.1. The molecule has 3 aromatic rings. The molecule has 0 unspecified atom stereocenters. The van der Waals surface area contributed by atoms with Crippen molar-refractivity contribution in [2.45, 2.75) is 6.54 Å². The average molecular weight is 493 g/mol. The number of hydrogen-bond acceptors (Lipinski definition) is 8. The van der Waals surface area contributed by atoms with Gasteiger partial charge >= 0.3 is 0 Å². The van der Waals surface area contributed by atoms with Crippen LogP contribution in [0.5, 0.6) is 23.0 Å². The average Bonchev–Trinajstić information content (AvgIpc) is 2.90. The zero-order chi connectivity index (χ0) is 25.0.